The van der Waals surface area contributed by atoms with Gasteiger partial charge in [0.15, 0.2) is 0 Å². The Morgan fingerprint density at radius 2 is 2.22 bits per heavy atom. The summed E-state index contributed by atoms with van der Waals surface area (Å²) >= 11 is 10.6. The number of nitrogens with zero attached hydrogens (tertiary/aromatic N) is 2. The maximum Gasteiger partial charge on any atom is 0.138 e. The fourth-order valence-electron chi connectivity index (χ4n) is 1.36. The molecule has 1 aromatic heterocycles. The number of ether oxygens (including phenoxy) is 1. The highest BCUT2D eigenvalue weighted by Crippen LogP contribution is 2.29. The van der Waals surface area contributed by atoms with E-state index >= 15 is 0 Å². The van der Waals surface area contributed by atoms with Gasteiger partial charge in [0.1, 0.15) is 12.4 Å². The molecule has 18 heavy (non-hydrogen) atoms. The molecular weight excluding hydrogens is 268 g/mol. The lowest BCUT2D eigenvalue weighted by molar-refractivity contribution is 0.301. The first-order valence-electron chi connectivity index (χ1n) is 5.20. The van der Waals surface area contributed by atoms with Crippen molar-refractivity contribution in [3.63, 3.8) is 0 Å². The Balaban J connectivity index is 2.08. The summed E-state index contributed by atoms with van der Waals surface area (Å²) in [6.07, 6.45) is 1.72. The molecule has 1 heterocycles. The molecule has 0 radical (unpaired) electrons. The van der Waals surface area contributed by atoms with Crippen LogP contribution in [0.1, 0.15) is 5.69 Å². The van der Waals surface area contributed by atoms with Crippen LogP contribution in [-0.2, 0) is 6.61 Å². The zero-order valence-electron chi connectivity index (χ0n) is 9.34. The van der Waals surface area contributed by atoms with Crippen molar-refractivity contribution in [3.05, 3.63) is 53.3 Å². The summed E-state index contributed by atoms with van der Waals surface area (Å²) < 4.78 is 5.57. The summed E-state index contributed by atoms with van der Waals surface area (Å²) in [5.74, 6) is 0.589. The summed E-state index contributed by atoms with van der Waals surface area (Å²) in [4.78, 5) is 8.00. The monoisotopic (exact) mass is 276 g/mol. The molecule has 90 valence electrons. The van der Waals surface area contributed by atoms with Crippen molar-refractivity contribution in [2.45, 2.75) is 6.61 Å². The molecule has 3 nitrogen and oxygen atoms in total. The van der Waals surface area contributed by atoms with E-state index < -0.39 is 0 Å². The Morgan fingerprint density at radius 1 is 1.33 bits per heavy atom. The van der Waals surface area contributed by atoms with E-state index in [9.17, 15) is 0 Å². The Bertz CT molecular complexity index is 583. The van der Waals surface area contributed by atoms with Gasteiger partial charge in [-0.3, -0.25) is 4.98 Å². The number of benzene rings is 1. The third-order valence-electron chi connectivity index (χ3n) is 2.19. The van der Waals surface area contributed by atoms with Crippen molar-refractivity contribution < 1.29 is 4.74 Å². The smallest absolute Gasteiger partial charge is 0.138 e. The van der Waals surface area contributed by atoms with Gasteiger partial charge in [0.2, 0.25) is 0 Å². The molecule has 0 saturated carbocycles. The van der Waals surface area contributed by atoms with Crippen LogP contribution in [0.4, 0.5) is 5.69 Å². The number of thiocarbonyl (C=S) groups is 1. The average Bonchev–Trinajstić information content (AvgIpc) is 2.39. The largest absolute Gasteiger partial charge is 0.486 e. The molecule has 2 rings (SSSR count). The lowest BCUT2D eigenvalue weighted by atomic mass is 10.3. The molecule has 0 atom stereocenters. The molecule has 0 amide bonds. The second-order valence-electron chi connectivity index (χ2n) is 3.43. The van der Waals surface area contributed by atoms with E-state index in [2.05, 4.69) is 27.4 Å². The van der Waals surface area contributed by atoms with Gasteiger partial charge in [0, 0.05) is 6.20 Å². The highest BCUT2D eigenvalue weighted by atomic mass is 35.5. The molecule has 5 heteroatoms. The number of aliphatic imine (C=N–C) groups is 1. The van der Waals surface area contributed by atoms with Gasteiger partial charge in [-0.25, -0.2) is 0 Å². The maximum atomic E-state index is 6.06. The van der Waals surface area contributed by atoms with Crippen LogP contribution in [0.5, 0.6) is 5.75 Å². The molecule has 0 saturated heterocycles. The third kappa shape index (κ3) is 3.37. The molecule has 0 N–H and O–H groups in total. The molecule has 0 unspecified atom stereocenters. The topological polar surface area (TPSA) is 34.5 Å². The Kier molecular flexibility index (Phi) is 4.42. The maximum absolute atomic E-state index is 6.06. The second kappa shape index (κ2) is 6.26. The van der Waals surface area contributed by atoms with Gasteiger partial charge in [-0.05, 0) is 42.5 Å². The van der Waals surface area contributed by atoms with Crippen LogP contribution in [0.25, 0.3) is 0 Å². The van der Waals surface area contributed by atoms with Gasteiger partial charge >= 0.3 is 0 Å². The van der Waals surface area contributed by atoms with Gasteiger partial charge < -0.3 is 4.74 Å². The van der Waals surface area contributed by atoms with Crippen LogP contribution in [0.15, 0.2) is 47.6 Å². The van der Waals surface area contributed by atoms with Gasteiger partial charge in [-0.2, -0.15) is 4.99 Å². The van der Waals surface area contributed by atoms with Crippen LogP contribution < -0.4 is 4.74 Å². The first-order valence-corrected chi connectivity index (χ1v) is 5.98. The van der Waals surface area contributed by atoms with Crippen LogP contribution >= 0.6 is 23.8 Å². The zero-order chi connectivity index (χ0) is 12.8. The summed E-state index contributed by atoms with van der Waals surface area (Å²) in [6.45, 7) is 0.371. The van der Waals surface area contributed by atoms with Gasteiger partial charge in [-0.15, -0.1) is 0 Å². The summed E-state index contributed by atoms with van der Waals surface area (Å²) in [5.41, 5.74) is 1.50. The van der Waals surface area contributed by atoms with E-state index in [0.29, 0.717) is 23.1 Å². The average molecular weight is 277 g/mol. The fourth-order valence-corrected chi connectivity index (χ4v) is 1.70. The first-order chi connectivity index (χ1) is 8.79. The third-order valence-corrected chi connectivity index (χ3v) is 2.58. The van der Waals surface area contributed by atoms with Crippen LogP contribution in [0.3, 0.4) is 0 Å². The van der Waals surface area contributed by atoms with E-state index in [1.165, 1.54) is 0 Å². The van der Waals surface area contributed by atoms with Crippen molar-refractivity contribution in [2.75, 3.05) is 0 Å². The normalized spacial score (nSPS) is 9.61. The first kappa shape index (κ1) is 12.7. The number of hydrogen-bond donors (Lipinski definition) is 0. The van der Waals surface area contributed by atoms with E-state index in [1.54, 1.807) is 24.4 Å². The molecular formula is C13H9ClN2OS. The molecule has 1 aromatic carbocycles. The number of pyridine rings is 1. The highest BCUT2D eigenvalue weighted by Gasteiger charge is 2.03. The minimum absolute atomic E-state index is 0.371. The van der Waals surface area contributed by atoms with Crippen molar-refractivity contribution in [2.24, 2.45) is 4.99 Å². The van der Waals surface area contributed by atoms with Crippen LogP contribution in [-0.4, -0.2) is 10.1 Å². The van der Waals surface area contributed by atoms with E-state index in [1.807, 2.05) is 18.2 Å². The molecule has 0 aliphatic carbocycles. The predicted molar refractivity (Wildman–Crippen MR) is 74.7 cm³/mol. The number of aromatic nitrogens is 1. The SMILES string of the molecule is S=C=Nc1ccc(OCc2ccccn2)c(Cl)c1. The van der Waals surface area contributed by atoms with Crippen LogP contribution in [0, 0.1) is 0 Å². The summed E-state index contributed by atoms with van der Waals surface area (Å²) in [5, 5.41) is 2.77. The van der Waals surface area contributed by atoms with Crippen molar-refractivity contribution in [3.8, 4) is 5.75 Å². The summed E-state index contributed by atoms with van der Waals surface area (Å²) in [6, 6.07) is 10.8. The summed E-state index contributed by atoms with van der Waals surface area (Å²) in [7, 11) is 0. The number of halogens is 1. The molecule has 0 spiro atoms. The van der Waals surface area contributed by atoms with E-state index in [-0.39, 0.29) is 0 Å². The number of hydrogen-bond acceptors (Lipinski definition) is 4. The molecule has 0 aliphatic heterocycles. The van der Waals surface area contributed by atoms with Crippen molar-refractivity contribution in [1.29, 1.82) is 0 Å². The van der Waals surface area contributed by atoms with Gasteiger partial charge in [-0.1, -0.05) is 17.7 Å². The Morgan fingerprint density at radius 3 is 2.89 bits per heavy atom. The Labute approximate surface area is 115 Å². The van der Waals surface area contributed by atoms with Crippen molar-refractivity contribution in [1.82, 2.24) is 4.98 Å². The quantitative estimate of drug-likeness (QED) is 0.624. The molecule has 2 aromatic rings. The molecule has 0 aliphatic rings. The van der Waals surface area contributed by atoms with Crippen LogP contribution in [0.2, 0.25) is 5.02 Å². The van der Waals surface area contributed by atoms with Crippen molar-refractivity contribution >= 4 is 34.7 Å². The highest BCUT2D eigenvalue weighted by molar-refractivity contribution is 7.78. The molecule has 0 bridgehead atoms. The predicted octanol–water partition coefficient (Wildman–Crippen LogP) is 4.05. The van der Waals surface area contributed by atoms with E-state index in [4.69, 9.17) is 16.3 Å². The second-order valence-corrected chi connectivity index (χ2v) is 4.02. The number of rotatable bonds is 4. The minimum atomic E-state index is 0.371. The lowest BCUT2D eigenvalue weighted by Crippen LogP contribution is -1.97. The number of isothiocyanates is 1. The van der Waals surface area contributed by atoms with E-state index in [0.717, 1.165) is 5.69 Å². The standard InChI is InChI=1S/C13H9ClN2OS/c14-12-7-10(16-9-18)4-5-13(12)17-8-11-3-1-2-6-15-11/h1-7H,8H2. The minimum Gasteiger partial charge on any atom is -0.486 e. The Hall–Kier alpha value is -1.74. The molecule has 0 fully saturated rings. The van der Waals surface area contributed by atoms with Gasteiger partial charge in [0.25, 0.3) is 0 Å². The zero-order valence-corrected chi connectivity index (χ0v) is 10.9. The fraction of sp³-hybridized carbons (Fsp3) is 0.0769. The van der Waals surface area contributed by atoms with Gasteiger partial charge in [0.05, 0.1) is 21.6 Å². The lowest BCUT2D eigenvalue weighted by Gasteiger charge is -2.07.